The maximum Gasteiger partial charge on any atom is 0.274 e. The molecule has 146 valence electrons. The van der Waals surface area contributed by atoms with Crippen molar-refractivity contribution >= 4 is 26.3 Å². The molecule has 0 spiro atoms. The number of rotatable bonds is 3. The quantitative estimate of drug-likeness (QED) is 0.771. The van der Waals surface area contributed by atoms with Crippen molar-refractivity contribution in [2.24, 2.45) is 15.4 Å². The van der Waals surface area contributed by atoms with Crippen molar-refractivity contribution < 1.29 is 13.6 Å². The minimum atomic E-state index is -1.36. The van der Waals surface area contributed by atoms with Gasteiger partial charge in [0.15, 0.2) is 5.96 Å². The van der Waals surface area contributed by atoms with Crippen LogP contribution in [0.15, 0.2) is 46.2 Å². The lowest BCUT2D eigenvalue weighted by molar-refractivity contribution is 0.102. The van der Waals surface area contributed by atoms with E-state index in [0.29, 0.717) is 23.3 Å². The molecule has 0 fully saturated rings. The number of nitrogens with two attached hydrogens (primary N) is 1. The van der Waals surface area contributed by atoms with Gasteiger partial charge in [0.05, 0.1) is 11.7 Å². The molecule has 2 heterocycles. The molecule has 28 heavy (non-hydrogen) atoms. The molecule has 1 aromatic heterocycles. The first-order valence-electron chi connectivity index (χ1n) is 8.51. The topological polar surface area (TPSA) is 96.0 Å². The van der Waals surface area contributed by atoms with Crippen molar-refractivity contribution in [3.8, 4) is 0 Å². The highest BCUT2D eigenvalue weighted by Gasteiger charge is 2.37. The molecule has 2 aromatic rings. The van der Waals surface area contributed by atoms with Crippen LogP contribution in [0.5, 0.6) is 0 Å². The highest BCUT2D eigenvalue weighted by Crippen LogP contribution is 2.36. The Labute approximate surface area is 162 Å². The minimum Gasteiger partial charge on any atom is -0.370 e. The summed E-state index contributed by atoms with van der Waals surface area (Å²) in [7, 11) is 2.17. The molecular weight excluding hydrogens is 382 g/mol. The molecule has 0 radical (unpaired) electrons. The zero-order chi connectivity index (χ0) is 20.5. The number of nitrogens with zero attached hydrogens (tertiary/aromatic N) is 4. The zero-order valence-electron chi connectivity index (χ0n) is 15.7. The predicted molar refractivity (Wildman–Crippen MR) is 104 cm³/mol. The van der Waals surface area contributed by atoms with E-state index in [1.165, 1.54) is 24.3 Å². The number of guanidine groups is 1. The smallest absolute Gasteiger partial charge is 0.274 e. The molecule has 7 nitrogen and oxygen atoms in total. The summed E-state index contributed by atoms with van der Waals surface area (Å²) in [6.07, 6.45) is 0.958. The molecule has 1 atom stereocenters. The number of halogens is 2. The van der Waals surface area contributed by atoms with Crippen LogP contribution in [0.4, 0.5) is 14.5 Å². The van der Waals surface area contributed by atoms with E-state index in [1.807, 2.05) is 11.6 Å². The average Bonchev–Trinajstić information content (AvgIpc) is 2.66. The number of hydrogen-bond acceptors (Lipinski definition) is 5. The second-order valence-corrected chi connectivity index (χ2v) is 8.93. The summed E-state index contributed by atoms with van der Waals surface area (Å²) < 4.78 is 33.8. The Morgan fingerprint density at radius 2 is 2.11 bits per heavy atom. The van der Waals surface area contributed by atoms with Crippen LogP contribution in [0.2, 0.25) is 6.04 Å². The standard InChI is InChI=1S/C18H20F2N6OSi/c1-18(10-28(22-2)26(3)17(21)25-18)13-8-12(5-6-14(13)20)24-16(27)15-7-4-11(19)9-23-15/h4-9H,10H2,1-3H3,(H2,21,25)(H,24,27)/t18-/m0/s1. The summed E-state index contributed by atoms with van der Waals surface area (Å²) >= 11 is 0. The Bertz CT molecular complexity index is 979. The normalized spacial score (nSPS) is 20.8. The summed E-state index contributed by atoms with van der Waals surface area (Å²) in [4.78, 5) is 20.6. The predicted octanol–water partition coefficient (Wildman–Crippen LogP) is 2.47. The van der Waals surface area contributed by atoms with E-state index in [0.717, 1.165) is 12.3 Å². The van der Waals surface area contributed by atoms with Crippen LogP contribution >= 0.6 is 0 Å². The first-order chi connectivity index (χ1) is 13.2. The Kier molecular flexibility index (Phi) is 5.32. The lowest BCUT2D eigenvalue weighted by Crippen LogP contribution is -2.48. The van der Waals surface area contributed by atoms with Gasteiger partial charge in [0.2, 0.25) is 8.75 Å². The fourth-order valence-corrected chi connectivity index (χ4v) is 4.93. The number of hydrogen-bond donors (Lipinski definition) is 2. The van der Waals surface area contributed by atoms with Gasteiger partial charge in [-0.2, -0.15) is 0 Å². The van der Waals surface area contributed by atoms with E-state index in [9.17, 15) is 13.6 Å². The molecule has 1 aromatic carbocycles. The van der Waals surface area contributed by atoms with Crippen LogP contribution in [0.25, 0.3) is 0 Å². The molecule has 3 rings (SSSR count). The fourth-order valence-electron chi connectivity index (χ4n) is 3.03. The van der Waals surface area contributed by atoms with Gasteiger partial charge in [-0.3, -0.25) is 4.79 Å². The van der Waals surface area contributed by atoms with E-state index < -0.39 is 31.8 Å². The van der Waals surface area contributed by atoms with E-state index in [1.54, 1.807) is 14.0 Å². The number of aromatic nitrogens is 1. The van der Waals surface area contributed by atoms with Gasteiger partial charge in [0.25, 0.3) is 5.91 Å². The number of pyridine rings is 1. The largest absolute Gasteiger partial charge is 0.370 e. The van der Waals surface area contributed by atoms with Crippen molar-refractivity contribution in [1.82, 2.24) is 9.55 Å². The lowest BCUT2D eigenvalue weighted by Gasteiger charge is -2.35. The summed E-state index contributed by atoms with van der Waals surface area (Å²) in [5, 5.41) is 2.65. The van der Waals surface area contributed by atoms with Crippen LogP contribution in [0.1, 0.15) is 23.0 Å². The number of carbonyl (C=O) groups is 1. The third kappa shape index (κ3) is 3.81. The van der Waals surface area contributed by atoms with Gasteiger partial charge in [-0.25, -0.2) is 18.8 Å². The molecule has 1 aliphatic rings. The van der Waals surface area contributed by atoms with Crippen LogP contribution in [0, 0.1) is 11.6 Å². The van der Waals surface area contributed by atoms with Crippen LogP contribution in [-0.2, 0) is 5.54 Å². The van der Waals surface area contributed by atoms with E-state index in [-0.39, 0.29) is 5.69 Å². The molecule has 0 aliphatic carbocycles. The molecule has 3 N–H and O–H groups in total. The first-order valence-corrected chi connectivity index (χ1v) is 10.1. The van der Waals surface area contributed by atoms with Gasteiger partial charge in [0.1, 0.15) is 17.3 Å². The first kappa shape index (κ1) is 19.7. The third-order valence-corrected chi connectivity index (χ3v) is 7.14. The Balaban J connectivity index is 1.93. The van der Waals surface area contributed by atoms with Gasteiger partial charge >= 0.3 is 0 Å². The van der Waals surface area contributed by atoms with Crippen LogP contribution < -0.4 is 11.1 Å². The molecule has 0 saturated heterocycles. The summed E-state index contributed by atoms with van der Waals surface area (Å²) in [5.41, 5.74) is 5.87. The van der Waals surface area contributed by atoms with Crippen LogP contribution in [0.3, 0.4) is 0 Å². The second kappa shape index (κ2) is 7.54. The van der Waals surface area contributed by atoms with Crippen molar-refractivity contribution in [2.45, 2.75) is 18.5 Å². The van der Waals surface area contributed by atoms with Gasteiger partial charge in [-0.05, 0) is 37.3 Å². The molecule has 10 heteroatoms. The number of aliphatic imine (C=N–C) groups is 1. The SMILES string of the molecule is CN=[Si]1C[C@@](C)(c2cc(NC(=O)c3ccc(F)cn3)ccc2F)N=C(N)N1C. The highest BCUT2D eigenvalue weighted by molar-refractivity contribution is 6.48. The van der Waals surface area contributed by atoms with Crippen molar-refractivity contribution in [3.05, 3.63) is 59.4 Å². The highest BCUT2D eigenvalue weighted by atomic mass is 28.3. The summed E-state index contributed by atoms with van der Waals surface area (Å²) in [6, 6.07) is 7.20. The monoisotopic (exact) mass is 402 g/mol. The van der Waals surface area contributed by atoms with Crippen LogP contribution in [-0.4, -0.2) is 44.3 Å². The van der Waals surface area contributed by atoms with Crippen molar-refractivity contribution in [1.29, 1.82) is 0 Å². The molecule has 0 unspecified atom stereocenters. The van der Waals surface area contributed by atoms with Crippen molar-refractivity contribution in [3.63, 3.8) is 0 Å². The Morgan fingerprint density at radius 3 is 2.75 bits per heavy atom. The molecule has 1 aliphatic heterocycles. The lowest BCUT2D eigenvalue weighted by atomic mass is 9.93. The number of benzene rings is 1. The van der Waals surface area contributed by atoms with Gasteiger partial charge < -0.3 is 20.3 Å². The maximum atomic E-state index is 14.6. The van der Waals surface area contributed by atoms with E-state index >= 15 is 0 Å². The Hall–Kier alpha value is -3.01. The fraction of sp³-hybridized carbons (Fsp3) is 0.278. The Morgan fingerprint density at radius 1 is 1.36 bits per heavy atom. The molecule has 1 amide bonds. The number of carbonyl (C=O) groups excluding carboxylic acids is 1. The van der Waals surface area contributed by atoms with Gasteiger partial charge in [-0.15, -0.1) is 0 Å². The average molecular weight is 402 g/mol. The van der Waals surface area contributed by atoms with Gasteiger partial charge in [-0.1, -0.05) is 0 Å². The number of amides is 1. The maximum absolute atomic E-state index is 14.6. The van der Waals surface area contributed by atoms with E-state index in [4.69, 9.17) is 5.73 Å². The summed E-state index contributed by atoms with van der Waals surface area (Å²) in [6.45, 7) is 1.80. The minimum absolute atomic E-state index is 0.0512. The second-order valence-electron chi connectivity index (χ2n) is 6.63. The number of nitrogens with one attached hydrogen (secondary N) is 1. The molecule has 0 bridgehead atoms. The van der Waals surface area contributed by atoms with E-state index in [2.05, 4.69) is 19.9 Å². The summed E-state index contributed by atoms with van der Waals surface area (Å²) in [5.74, 6) is -1.20. The number of anilines is 1. The third-order valence-electron chi connectivity index (χ3n) is 4.62. The van der Waals surface area contributed by atoms with Gasteiger partial charge in [0, 0.05) is 31.4 Å². The zero-order valence-corrected chi connectivity index (χ0v) is 16.7. The molecule has 0 saturated carbocycles. The molecular formula is C18H20F2N6OSi. The van der Waals surface area contributed by atoms with Crippen molar-refractivity contribution in [2.75, 3.05) is 19.4 Å².